The first-order valence-corrected chi connectivity index (χ1v) is 34.2. The number of halogens is 5. The molecule has 0 fully saturated rings. The van der Waals surface area contributed by atoms with Crippen LogP contribution in [0.2, 0.25) is 0 Å². The molecule has 0 aliphatic carbocycles. The number of carbonyl (C=O) groups is 5. The molecule has 96 heavy (non-hydrogen) atoms. The van der Waals surface area contributed by atoms with Crippen molar-refractivity contribution in [2.45, 2.75) is 179 Å². The standard InChI is InChI=1S/3C15H19BrN2O2.2C13H15BrN2O2/c3*1-4-20-14(19)8-13(18)10-5-11(7-12(16)6-10)15(2,3)9-17;2*1-13(2,7-15)9-3-8(4-10(14)5-9)11(16)6-12(17)18/h3*5-7,13H,4,8,18H2,1-3H3;2*3-5,11H,6,16H2,1-2H3,(H,17,18)/t2*13-;;2*11-/m10.00/s1. The maximum absolute atomic E-state index is 11.5. The number of nitrogens with zero attached hydrogens (tertiary/aromatic N) is 5. The summed E-state index contributed by atoms with van der Waals surface area (Å²) in [4.78, 5) is 55.8. The molecule has 5 atom stereocenters. The first-order valence-electron chi connectivity index (χ1n) is 30.2. The van der Waals surface area contributed by atoms with Crippen LogP contribution < -0.4 is 28.7 Å². The molecule has 0 amide bonds. The summed E-state index contributed by atoms with van der Waals surface area (Å²) in [5.41, 5.74) is 34.8. The highest BCUT2D eigenvalue weighted by Crippen LogP contribution is 2.35. The van der Waals surface area contributed by atoms with E-state index in [1.807, 2.05) is 108 Å². The van der Waals surface area contributed by atoms with Gasteiger partial charge in [0.05, 0.1) is 109 Å². The van der Waals surface area contributed by atoms with Gasteiger partial charge in [-0.1, -0.05) is 110 Å². The molecule has 0 saturated carbocycles. The number of carboxylic acids is 2. The summed E-state index contributed by atoms with van der Waals surface area (Å²) in [7, 11) is 0. The van der Waals surface area contributed by atoms with Gasteiger partial charge in [0.2, 0.25) is 0 Å². The van der Waals surface area contributed by atoms with Gasteiger partial charge in [0.1, 0.15) is 0 Å². The minimum Gasteiger partial charge on any atom is -0.481 e. The Bertz CT molecular complexity index is 3410. The second kappa shape index (κ2) is 40.1. The van der Waals surface area contributed by atoms with Crippen molar-refractivity contribution >= 4 is 109 Å². The van der Waals surface area contributed by atoms with Crippen LogP contribution in [0.5, 0.6) is 0 Å². The fraction of sp³-hybridized carbons (Fsp3) is 0.437. The number of benzene rings is 5. The van der Waals surface area contributed by atoms with Crippen LogP contribution in [-0.4, -0.2) is 59.9 Å². The van der Waals surface area contributed by atoms with Crippen molar-refractivity contribution in [3.63, 3.8) is 0 Å². The summed E-state index contributed by atoms with van der Waals surface area (Å²) in [5.74, 6) is -2.84. The van der Waals surface area contributed by atoms with Crippen LogP contribution in [0.1, 0.15) is 208 Å². The fourth-order valence-electron chi connectivity index (χ4n) is 8.42. The lowest BCUT2D eigenvalue weighted by atomic mass is 9.84. The van der Waals surface area contributed by atoms with Gasteiger partial charge in [-0.25, -0.2) is 0 Å². The Morgan fingerprint density at radius 1 is 0.344 bits per heavy atom. The van der Waals surface area contributed by atoms with E-state index in [9.17, 15) is 39.8 Å². The van der Waals surface area contributed by atoms with Gasteiger partial charge < -0.3 is 53.1 Å². The van der Waals surface area contributed by atoms with E-state index in [1.165, 1.54) is 0 Å². The van der Waals surface area contributed by atoms with Crippen molar-refractivity contribution in [3.05, 3.63) is 169 Å². The van der Waals surface area contributed by atoms with E-state index in [0.717, 1.165) is 66.9 Å². The number of carbonyl (C=O) groups excluding carboxylic acids is 3. The van der Waals surface area contributed by atoms with Crippen LogP contribution in [0.3, 0.4) is 0 Å². The van der Waals surface area contributed by atoms with E-state index in [0.29, 0.717) is 30.9 Å². The SMILES string of the molecule is CC(C)(C#N)c1cc(Br)cc([C@@H](N)CC(=O)O)c1.CC(C)(C#N)c1cc(Br)cc([C@@H](N)CC(=O)O)c1.CCOC(=O)CC(N)c1cc(Br)cc(C(C)(C)C#N)c1.CCOC(=O)C[C@@H](N)c1cc(Br)cc(C(C)(C)C#N)c1.CCOC(=O)C[C@H](N)c1cc(Br)cc(C(C)(C)C#N)c1. The number of hydrogen-bond acceptors (Lipinski definition) is 18. The third-order valence-corrected chi connectivity index (χ3v) is 16.9. The van der Waals surface area contributed by atoms with Gasteiger partial charge in [-0.15, -0.1) is 0 Å². The van der Waals surface area contributed by atoms with Gasteiger partial charge in [0, 0.05) is 52.6 Å². The van der Waals surface area contributed by atoms with Crippen molar-refractivity contribution in [2.75, 3.05) is 19.8 Å². The number of hydrogen-bond donors (Lipinski definition) is 7. The molecule has 25 heteroatoms. The van der Waals surface area contributed by atoms with Gasteiger partial charge in [0.25, 0.3) is 0 Å². The van der Waals surface area contributed by atoms with Crippen LogP contribution in [-0.2, 0) is 65.3 Å². The fourth-order valence-corrected chi connectivity index (χ4v) is 11.0. The highest BCUT2D eigenvalue weighted by atomic mass is 79.9. The van der Waals surface area contributed by atoms with Crippen LogP contribution in [0.15, 0.2) is 113 Å². The molecular formula is C71H87Br5N10O10. The van der Waals surface area contributed by atoms with Crippen molar-refractivity contribution in [1.82, 2.24) is 0 Å². The predicted molar refractivity (Wildman–Crippen MR) is 387 cm³/mol. The Balaban J connectivity index is 0.000000600. The lowest BCUT2D eigenvalue weighted by Gasteiger charge is -2.19. The van der Waals surface area contributed by atoms with E-state index in [2.05, 4.69) is 110 Å². The number of aliphatic carboxylic acids is 2. The quantitative estimate of drug-likeness (QED) is 0.0236. The molecule has 516 valence electrons. The predicted octanol–water partition coefficient (Wildman–Crippen LogP) is 15.1. The third kappa shape index (κ3) is 29.8. The number of nitriles is 5. The molecule has 0 aromatic heterocycles. The lowest BCUT2D eigenvalue weighted by Crippen LogP contribution is -2.19. The van der Waals surface area contributed by atoms with Crippen molar-refractivity contribution in [3.8, 4) is 30.3 Å². The molecule has 0 spiro atoms. The van der Waals surface area contributed by atoms with E-state index < -0.39 is 69.2 Å². The molecule has 1 unspecified atom stereocenters. The van der Waals surface area contributed by atoms with Crippen LogP contribution >= 0.6 is 79.6 Å². The summed E-state index contributed by atoms with van der Waals surface area (Å²) < 4.78 is 18.8. The lowest BCUT2D eigenvalue weighted by molar-refractivity contribution is -0.144. The summed E-state index contributed by atoms with van der Waals surface area (Å²) >= 11 is 17.0. The van der Waals surface area contributed by atoms with Crippen molar-refractivity contribution in [2.24, 2.45) is 28.7 Å². The van der Waals surface area contributed by atoms with E-state index in [-0.39, 0.29) is 50.0 Å². The first-order chi connectivity index (χ1) is 44.4. The number of ether oxygens (including phenoxy) is 3. The number of carboxylic acid groups (broad SMARTS) is 2. The molecule has 5 aromatic carbocycles. The van der Waals surface area contributed by atoms with E-state index >= 15 is 0 Å². The average Bonchev–Trinajstić information content (AvgIpc) is 0.862. The van der Waals surface area contributed by atoms with Crippen molar-refractivity contribution < 1.29 is 48.4 Å². The first kappa shape index (κ1) is 87.1. The normalized spacial score (nSPS) is 12.7. The molecule has 0 radical (unpaired) electrons. The molecule has 0 saturated heterocycles. The molecule has 0 bridgehead atoms. The topological polar surface area (TPSA) is 403 Å². The van der Waals surface area contributed by atoms with E-state index in [1.54, 1.807) is 72.7 Å². The largest absolute Gasteiger partial charge is 0.481 e. The second-order valence-corrected chi connectivity index (χ2v) is 29.4. The molecule has 20 nitrogen and oxygen atoms in total. The second-order valence-electron chi connectivity index (χ2n) is 24.8. The minimum absolute atomic E-state index is 0.122. The summed E-state index contributed by atoms with van der Waals surface area (Å²) in [5, 5.41) is 63.4. The van der Waals surface area contributed by atoms with Crippen molar-refractivity contribution in [1.29, 1.82) is 26.3 Å². The Labute approximate surface area is 606 Å². The molecule has 0 aliphatic rings. The summed E-state index contributed by atoms with van der Waals surface area (Å²) in [6, 6.07) is 36.4. The molecular weight excluding hydrogens is 1550 g/mol. The third-order valence-electron chi connectivity index (χ3n) is 14.6. The van der Waals surface area contributed by atoms with Gasteiger partial charge >= 0.3 is 29.8 Å². The molecule has 0 aliphatic heterocycles. The minimum atomic E-state index is -0.941. The zero-order chi connectivity index (χ0) is 73.9. The number of esters is 3. The van der Waals surface area contributed by atoms with Gasteiger partial charge in [-0.05, 0) is 206 Å². The summed E-state index contributed by atoms with van der Waals surface area (Å²) in [6.45, 7) is 24.6. The maximum atomic E-state index is 11.5. The Morgan fingerprint density at radius 2 is 0.500 bits per heavy atom. The highest BCUT2D eigenvalue weighted by Gasteiger charge is 2.28. The Morgan fingerprint density at radius 3 is 0.635 bits per heavy atom. The Kier molecular flexibility index (Phi) is 36.4. The molecule has 12 N–H and O–H groups in total. The van der Waals surface area contributed by atoms with Crippen LogP contribution in [0.25, 0.3) is 0 Å². The smallest absolute Gasteiger partial charge is 0.307 e. The van der Waals surface area contributed by atoms with Gasteiger partial charge in [-0.2, -0.15) is 26.3 Å². The van der Waals surface area contributed by atoms with Gasteiger partial charge in [0.15, 0.2) is 0 Å². The molecule has 5 aromatic rings. The maximum Gasteiger partial charge on any atom is 0.307 e. The average molecular weight is 1640 g/mol. The van der Waals surface area contributed by atoms with Crippen LogP contribution in [0, 0.1) is 56.7 Å². The zero-order valence-corrected chi connectivity index (χ0v) is 64.3. The molecule has 0 heterocycles. The van der Waals surface area contributed by atoms with Crippen LogP contribution in [0.4, 0.5) is 0 Å². The molecule has 5 rings (SSSR count). The monoisotopic (exact) mass is 1630 g/mol. The zero-order valence-electron chi connectivity index (χ0n) is 56.4. The van der Waals surface area contributed by atoms with E-state index in [4.69, 9.17) is 63.6 Å². The number of rotatable bonds is 23. The Hall–Kier alpha value is -6.90. The highest BCUT2D eigenvalue weighted by molar-refractivity contribution is 9.11. The van der Waals surface area contributed by atoms with Gasteiger partial charge in [-0.3, -0.25) is 24.0 Å². The summed E-state index contributed by atoms with van der Waals surface area (Å²) in [6.07, 6.45) is 0.0932. The number of nitrogens with two attached hydrogens (primary N) is 5.